The zero-order valence-corrected chi connectivity index (χ0v) is 11.8. The van der Waals surface area contributed by atoms with Crippen LogP contribution in [0.3, 0.4) is 0 Å². The fourth-order valence-corrected chi connectivity index (χ4v) is 2.44. The van der Waals surface area contributed by atoms with E-state index in [0.717, 1.165) is 0 Å². The predicted molar refractivity (Wildman–Crippen MR) is 72.2 cm³/mol. The Morgan fingerprint density at radius 1 is 1.29 bits per heavy atom. The minimum Gasteiger partial charge on any atom is -0.508 e. The molecule has 1 amide bonds. The minimum atomic E-state index is -4.46. The SMILES string of the molecule is CCOC(=O)NS(=O)(=O)N(CC(=O)O)c1ccc(O)cc1. The molecule has 0 spiro atoms. The van der Waals surface area contributed by atoms with Gasteiger partial charge in [0.25, 0.3) is 0 Å². The number of carbonyl (C=O) groups is 2. The third-order valence-electron chi connectivity index (χ3n) is 2.19. The maximum atomic E-state index is 12.0. The van der Waals surface area contributed by atoms with Gasteiger partial charge in [0, 0.05) is 0 Å². The lowest BCUT2D eigenvalue weighted by atomic mass is 10.3. The Kier molecular flexibility index (Phi) is 5.36. The van der Waals surface area contributed by atoms with Crippen LogP contribution in [0.1, 0.15) is 6.92 Å². The fourth-order valence-electron chi connectivity index (χ4n) is 1.38. The fraction of sp³-hybridized carbons (Fsp3) is 0.273. The summed E-state index contributed by atoms with van der Waals surface area (Å²) in [6.07, 6.45) is -1.22. The van der Waals surface area contributed by atoms with E-state index in [1.807, 2.05) is 0 Å². The van der Waals surface area contributed by atoms with E-state index >= 15 is 0 Å². The lowest BCUT2D eigenvalue weighted by molar-refractivity contribution is -0.135. The van der Waals surface area contributed by atoms with Gasteiger partial charge in [0.15, 0.2) is 0 Å². The van der Waals surface area contributed by atoms with E-state index in [4.69, 9.17) is 10.2 Å². The number of rotatable bonds is 6. The second kappa shape index (κ2) is 6.79. The quantitative estimate of drug-likeness (QED) is 0.685. The summed E-state index contributed by atoms with van der Waals surface area (Å²) in [5.74, 6) is -1.54. The number of carbonyl (C=O) groups excluding carboxylic acids is 1. The number of phenolic OH excluding ortho intramolecular Hbond substituents is 1. The largest absolute Gasteiger partial charge is 0.508 e. The number of anilines is 1. The molecule has 1 rings (SSSR count). The Balaban J connectivity index is 3.09. The van der Waals surface area contributed by atoms with Crippen molar-refractivity contribution in [3.05, 3.63) is 24.3 Å². The van der Waals surface area contributed by atoms with Gasteiger partial charge in [0.1, 0.15) is 12.3 Å². The summed E-state index contributed by atoms with van der Waals surface area (Å²) in [5.41, 5.74) is -0.0352. The van der Waals surface area contributed by atoms with Crippen LogP contribution in [-0.4, -0.2) is 43.8 Å². The van der Waals surface area contributed by atoms with Gasteiger partial charge in [-0.2, -0.15) is 8.42 Å². The van der Waals surface area contributed by atoms with Gasteiger partial charge in [-0.25, -0.2) is 13.8 Å². The Morgan fingerprint density at radius 2 is 1.86 bits per heavy atom. The number of aliphatic carboxylic acids is 1. The van der Waals surface area contributed by atoms with Crippen molar-refractivity contribution in [2.45, 2.75) is 6.92 Å². The first-order chi connectivity index (χ1) is 9.76. The normalized spacial score (nSPS) is 10.7. The molecule has 9 nitrogen and oxygen atoms in total. The van der Waals surface area contributed by atoms with E-state index in [-0.39, 0.29) is 18.0 Å². The number of ether oxygens (including phenoxy) is 1. The molecule has 0 unspecified atom stereocenters. The van der Waals surface area contributed by atoms with Crippen LogP contribution in [0, 0.1) is 0 Å². The lowest BCUT2D eigenvalue weighted by Crippen LogP contribution is -2.46. The highest BCUT2D eigenvalue weighted by molar-refractivity contribution is 7.91. The van der Waals surface area contributed by atoms with Crippen LogP contribution < -0.4 is 9.03 Å². The lowest BCUT2D eigenvalue weighted by Gasteiger charge is -2.22. The molecule has 0 saturated heterocycles. The number of hydrogen-bond donors (Lipinski definition) is 3. The van der Waals surface area contributed by atoms with E-state index in [2.05, 4.69) is 4.74 Å². The highest BCUT2D eigenvalue weighted by atomic mass is 32.2. The van der Waals surface area contributed by atoms with E-state index in [1.165, 1.54) is 31.2 Å². The first-order valence-corrected chi connectivity index (χ1v) is 7.18. The molecule has 1 aromatic carbocycles. The van der Waals surface area contributed by atoms with Crippen LogP contribution in [0.25, 0.3) is 0 Å². The summed E-state index contributed by atoms with van der Waals surface area (Å²) in [6.45, 7) is 0.542. The second-order valence-electron chi connectivity index (χ2n) is 3.74. The van der Waals surface area contributed by atoms with Crippen molar-refractivity contribution < 1.29 is 33.0 Å². The van der Waals surface area contributed by atoms with E-state index in [0.29, 0.717) is 4.31 Å². The zero-order chi connectivity index (χ0) is 16.0. The average Bonchev–Trinajstić information content (AvgIpc) is 2.36. The van der Waals surface area contributed by atoms with Gasteiger partial charge >= 0.3 is 22.3 Å². The van der Waals surface area contributed by atoms with Gasteiger partial charge in [-0.15, -0.1) is 0 Å². The van der Waals surface area contributed by atoms with Crippen LogP contribution in [-0.2, 0) is 19.7 Å². The summed E-state index contributed by atoms with van der Waals surface area (Å²) in [6, 6.07) is 4.76. The maximum Gasteiger partial charge on any atom is 0.422 e. The third-order valence-corrected chi connectivity index (χ3v) is 3.54. The zero-order valence-electron chi connectivity index (χ0n) is 11.0. The van der Waals surface area contributed by atoms with Gasteiger partial charge in [-0.3, -0.25) is 4.79 Å². The van der Waals surface area contributed by atoms with Crippen LogP contribution in [0.15, 0.2) is 24.3 Å². The van der Waals surface area contributed by atoms with Crippen molar-refractivity contribution in [1.82, 2.24) is 4.72 Å². The molecular weight excluding hydrogens is 304 g/mol. The minimum absolute atomic E-state index is 0.0352. The van der Waals surface area contributed by atoms with Crippen molar-refractivity contribution in [2.75, 3.05) is 17.5 Å². The van der Waals surface area contributed by atoms with Crippen molar-refractivity contribution in [3.8, 4) is 5.75 Å². The number of nitrogens with zero attached hydrogens (tertiary/aromatic N) is 1. The predicted octanol–water partition coefficient (Wildman–Crippen LogP) is 0.274. The average molecular weight is 318 g/mol. The van der Waals surface area contributed by atoms with E-state index in [9.17, 15) is 18.0 Å². The van der Waals surface area contributed by atoms with Crippen LogP contribution in [0.4, 0.5) is 10.5 Å². The smallest absolute Gasteiger partial charge is 0.422 e. The first kappa shape index (κ1) is 16.6. The molecule has 0 radical (unpaired) electrons. The van der Waals surface area contributed by atoms with Gasteiger partial charge in [-0.05, 0) is 31.2 Å². The van der Waals surface area contributed by atoms with Crippen LogP contribution in [0.5, 0.6) is 5.75 Å². The molecule has 0 fully saturated rings. The van der Waals surface area contributed by atoms with Gasteiger partial charge < -0.3 is 14.9 Å². The number of aromatic hydroxyl groups is 1. The molecule has 0 aliphatic carbocycles. The Bertz CT molecular complexity index is 612. The Labute approximate surface area is 120 Å². The maximum absolute atomic E-state index is 12.0. The Hall–Kier alpha value is -2.49. The van der Waals surface area contributed by atoms with E-state index < -0.39 is 28.8 Å². The monoisotopic (exact) mass is 318 g/mol. The van der Waals surface area contributed by atoms with Crippen molar-refractivity contribution in [1.29, 1.82) is 0 Å². The molecule has 0 saturated carbocycles. The summed E-state index contributed by atoms with van der Waals surface area (Å²) in [5, 5.41) is 18.0. The standard InChI is InChI=1S/C11H14N2O7S/c1-2-20-11(17)12-21(18,19)13(7-10(15)16)8-3-5-9(14)6-4-8/h3-6,14H,2,7H2,1H3,(H,12,17)(H,15,16). The molecule has 10 heteroatoms. The molecule has 0 aliphatic heterocycles. The van der Waals surface area contributed by atoms with E-state index in [1.54, 1.807) is 4.72 Å². The molecule has 0 heterocycles. The molecule has 116 valence electrons. The summed E-state index contributed by atoms with van der Waals surface area (Å²) in [7, 11) is -4.46. The number of hydrogen-bond acceptors (Lipinski definition) is 6. The number of benzene rings is 1. The molecule has 1 aromatic rings. The molecule has 0 aromatic heterocycles. The number of carboxylic acids is 1. The van der Waals surface area contributed by atoms with Gasteiger partial charge in [0.2, 0.25) is 0 Å². The highest BCUT2D eigenvalue weighted by Gasteiger charge is 2.27. The molecular formula is C11H14N2O7S. The van der Waals surface area contributed by atoms with Crippen LogP contribution >= 0.6 is 0 Å². The van der Waals surface area contributed by atoms with Crippen molar-refractivity contribution in [3.63, 3.8) is 0 Å². The van der Waals surface area contributed by atoms with Crippen LogP contribution in [0.2, 0.25) is 0 Å². The van der Waals surface area contributed by atoms with Gasteiger partial charge in [-0.1, -0.05) is 0 Å². The highest BCUT2D eigenvalue weighted by Crippen LogP contribution is 2.20. The number of amides is 1. The summed E-state index contributed by atoms with van der Waals surface area (Å²) >= 11 is 0. The molecule has 21 heavy (non-hydrogen) atoms. The molecule has 0 bridgehead atoms. The number of phenols is 1. The van der Waals surface area contributed by atoms with Crippen molar-refractivity contribution >= 4 is 28.0 Å². The second-order valence-corrected chi connectivity index (χ2v) is 5.34. The van der Waals surface area contributed by atoms with Gasteiger partial charge in [0.05, 0.1) is 12.3 Å². The molecule has 0 atom stereocenters. The summed E-state index contributed by atoms with van der Waals surface area (Å²) in [4.78, 5) is 22.0. The number of nitrogens with one attached hydrogen (secondary N) is 1. The third kappa shape index (κ3) is 4.84. The Morgan fingerprint density at radius 3 is 2.33 bits per heavy atom. The molecule has 0 aliphatic rings. The van der Waals surface area contributed by atoms with Crippen molar-refractivity contribution in [2.24, 2.45) is 0 Å². The summed E-state index contributed by atoms with van der Waals surface area (Å²) < 4.78 is 30.5. The first-order valence-electron chi connectivity index (χ1n) is 5.74. The number of carboxylic acid groups (broad SMARTS) is 1. The topological polar surface area (TPSA) is 133 Å². The molecule has 3 N–H and O–H groups in total.